The molecule has 1 fully saturated rings. The molecular formula is C8H11N3O4. The maximum atomic E-state index is 11.3. The Kier molecular flexibility index (Phi) is 3.03. The zero-order valence-electron chi connectivity index (χ0n) is 8.36. The van der Waals surface area contributed by atoms with Crippen molar-refractivity contribution in [1.29, 1.82) is 0 Å². The molecule has 0 aromatic carbocycles. The summed E-state index contributed by atoms with van der Waals surface area (Å²) in [5.74, 6) is -2.48. The van der Waals surface area contributed by atoms with Crippen molar-refractivity contribution in [3.05, 3.63) is 0 Å². The second kappa shape index (κ2) is 4.07. The van der Waals surface area contributed by atoms with Gasteiger partial charge in [0.2, 0.25) is 5.91 Å². The van der Waals surface area contributed by atoms with Gasteiger partial charge < -0.3 is 5.32 Å². The number of nitrogens with one attached hydrogen (secondary N) is 2. The summed E-state index contributed by atoms with van der Waals surface area (Å²) in [6.45, 7) is 3.48. The quantitative estimate of drug-likeness (QED) is 0.444. The van der Waals surface area contributed by atoms with Crippen molar-refractivity contribution in [2.24, 2.45) is 0 Å². The van der Waals surface area contributed by atoms with Crippen molar-refractivity contribution in [3.8, 4) is 0 Å². The minimum absolute atomic E-state index is 0.390. The van der Waals surface area contributed by atoms with Gasteiger partial charge in [-0.15, -0.1) is 0 Å². The molecule has 7 nitrogen and oxygen atoms in total. The predicted octanol–water partition coefficient (Wildman–Crippen LogP) is -1.41. The van der Waals surface area contributed by atoms with E-state index in [4.69, 9.17) is 0 Å². The first kappa shape index (κ1) is 11.2. The molecule has 0 spiro atoms. The molecule has 1 rings (SSSR count). The van der Waals surface area contributed by atoms with Crippen molar-refractivity contribution in [3.63, 3.8) is 0 Å². The number of imide groups is 2. The third-order valence-electron chi connectivity index (χ3n) is 1.97. The normalized spacial score (nSPS) is 17.7. The fraction of sp³-hybridized carbons (Fsp3) is 0.500. The highest BCUT2D eigenvalue weighted by Crippen LogP contribution is 2.06. The molecule has 0 saturated carbocycles. The molecule has 7 heteroatoms. The molecule has 1 aliphatic heterocycles. The Labute approximate surface area is 85.8 Å². The number of likely N-dealkylation sites (N-methyl/N-ethyl adjacent to an activating group) is 1. The van der Waals surface area contributed by atoms with Gasteiger partial charge in [-0.2, -0.15) is 0 Å². The Morgan fingerprint density at radius 2 is 2.07 bits per heavy atom. The van der Waals surface area contributed by atoms with Crippen LogP contribution in [0.3, 0.4) is 0 Å². The van der Waals surface area contributed by atoms with Gasteiger partial charge in [0.05, 0.1) is 0 Å². The molecule has 1 heterocycles. The number of hydrogen-bond donors (Lipinski definition) is 2. The van der Waals surface area contributed by atoms with Crippen LogP contribution in [0.15, 0.2) is 0 Å². The SMILES string of the molecule is CCNC(=O)C(C)N1C(=O)NC(=O)C1=O. The van der Waals surface area contributed by atoms with Crippen LogP contribution in [-0.4, -0.2) is 41.2 Å². The van der Waals surface area contributed by atoms with Crippen LogP contribution in [0, 0.1) is 0 Å². The first-order chi connectivity index (χ1) is 6.99. The average molecular weight is 213 g/mol. The number of amides is 5. The Balaban J connectivity index is 2.79. The predicted molar refractivity (Wildman–Crippen MR) is 48.5 cm³/mol. The summed E-state index contributed by atoms with van der Waals surface area (Å²) in [6.07, 6.45) is 0. The van der Waals surface area contributed by atoms with E-state index in [1.54, 1.807) is 6.92 Å². The van der Waals surface area contributed by atoms with Crippen molar-refractivity contribution in [1.82, 2.24) is 15.5 Å². The summed E-state index contributed by atoms with van der Waals surface area (Å²) >= 11 is 0. The number of nitrogens with zero attached hydrogens (tertiary/aromatic N) is 1. The zero-order chi connectivity index (χ0) is 11.6. The van der Waals surface area contributed by atoms with Gasteiger partial charge in [0, 0.05) is 6.54 Å². The molecular weight excluding hydrogens is 202 g/mol. The van der Waals surface area contributed by atoms with Crippen molar-refractivity contribution in [2.45, 2.75) is 19.9 Å². The molecule has 0 bridgehead atoms. The molecule has 82 valence electrons. The molecule has 0 aromatic heterocycles. The van der Waals surface area contributed by atoms with Gasteiger partial charge in [-0.05, 0) is 13.8 Å². The van der Waals surface area contributed by atoms with Crippen molar-refractivity contribution < 1.29 is 19.2 Å². The molecule has 0 radical (unpaired) electrons. The maximum absolute atomic E-state index is 11.3. The number of carbonyl (C=O) groups is 4. The largest absolute Gasteiger partial charge is 0.355 e. The second-order valence-corrected chi connectivity index (χ2v) is 3.00. The summed E-state index contributed by atoms with van der Waals surface area (Å²) in [6, 6.07) is -1.84. The zero-order valence-corrected chi connectivity index (χ0v) is 8.36. The summed E-state index contributed by atoms with van der Waals surface area (Å²) in [5.41, 5.74) is 0. The van der Waals surface area contributed by atoms with E-state index >= 15 is 0 Å². The molecule has 1 atom stereocenters. The van der Waals surface area contributed by atoms with Crippen LogP contribution in [0.2, 0.25) is 0 Å². The van der Waals surface area contributed by atoms with Crippen LogP contribution >= 0.6 is 0 Å². The summed E-state index contributed by atoms with van der Waals surface area (Å²) in [5, 5.41) is 4.27. The van der Waals surface area contributed by atoms with Gasteiger partial charge in [-0.25, -0.2) is 9.69 Å². The highest BCUT2D eigenvalue weighted by atomic mass is 16.2. The maximum Gasteiger partial charge on any atom is 0.332 e. The standard InChI is InChI=1S/C8H11N3O4/c1-3-9-5(12)4(2)11-7(14)6(13)10-8(11)15/h4H,3H2,1-2H3,(H,9,12)(H,10,13,15). The van der Waals surface area contributed by atoms with Crippen molar-refractivity contribution >= 4 is 23.8 Å². The third kappa shape index (κ3) is 1.95. The molecule has 2 N–H and O–H groups in total. The van der Waals surface area contributed by atoms with E-state index < -0.39 is 29.8 Å². The van der Waals surface area contributed by atoms with E-state index in [-0.39, 0.29) is 0 Å². The Morgan fingerprint density at radius 3 is 2.47 bits per heavy atom. The Morgan fingerprint density at radius 1 is 1.47 bits per heavy atom. The highest BCUT2D eigenvalue weighted by Gasteiger charge is 2.42. The van der Waals surface area contributed by atoms with E-state index in [2.05, 4.69) is 5.32 Å². The molecule has 0 aromatic rings. The van der Waals surface area contributed by atoms with Crippen LogP contribution in [0.5, 0.6) is 0 Å². The van der Waals surface area contributed by atoms with Crippen LogP contribution in [0.1, 0.15) is 13.8 Å². The van der Waals surface area contributed by atoms with Gasteiger partial charge in [0.25, 0.3) is 0 Å². The van der Waals surface area contributed by atoms with Crippen LogP contribution in [0.25, 0.3) is 0 Å². The smallest absolute Gasteiger partial charge is 0.332 e. The van der Waals surface area contributed by atoms with Gasteiger partial charge in [-0.1, -0.05) is 0 Å². The van der Waals surface area contributed by atoms with E-state index in [0.717, 1.165) is 0 Å². The molecule has 15 heavy (non-hydrogen) atoms. The molecule has 1 aliphatic rings. The Hall–Kier alpha value is -1.92. The molecule has 5 amide bonds. The second-order valence-electron chi connectivity index (χ2n) is 3.00. The van der Waals surface area contributed by atoms with Gasteiger partial charge in [0.1, 0.15) is 6.04 Å². The summed E-state index contributed by atoms with van der Waals surface area (Å²) < 4.78 is 0. The van der Waals surface area contributed by atoms with Gasteiger partial charge in [0.15, 0.2) is 0 Å². The first-order valence-electron chi connectivity index (χ1n) is 4.45. The van der Waals surface area contributed by atoms with E-state index in [9.17, 15) is 19.2 Å². The number of hydrogen-bond acceptors (Lipinski definition) is 4. The van der Waals surface area contributed by atoms with E-state index in [0.29, 0.717) is 11.4 Å². The molecule has 1 unspecified atom stereocenters. The van der Waals surface area contributed by atoms with Gasteiger partial charge in [-0.3, -0.25) is 19.7 Å². The lowest BCUT2D eigenvalue weighted by Crippen LogP contribution is -2.48. The Bertz CT molecular complexity index is 339. The average Bonchev–Trinajstić information content (AvgIpc) is 2.41. The summed E-state index contributed by atoms with van der Waals surface area (Å²) in [7, 11) is 0. The van der Waals surface area contributed by atoms with Crippen molar-refractivity contribution in [2.75, 3.05) is 6.54 Å². The van der Waals surface area contributed by atoms with Crippen LogP contribution in [-0.2, 0) is 14.4 Å². The van der Waals surface area contributed by atoms with Crippen LogP contribution in [0.4, 0.5) is 4.79 Å². The minimum atomic E-state index is -1.00. The monoisotopic (exact) mass is 213 g/mol. The highest BCUT2D eigenvalue weighted by molar-refractivity contribution is 6.45. The third-order valence-corrected chi connectivity index (χ3v) is 1.97. The van der Waals surface area contributed by atoms with Crippen LogP contribution < -0.4 is 10.6 Å². The topological polar surface area (TPSA) is 95.6 Å². The molecule has 0 aliphatic carbocycles. The van der Waals surface area contributed by atoms with E-state index in [1.807, 2.05) is 5.32 Å². The lowest BCUT2D eigenvalue weighted by molar-refractivity contribution is -0.142. The van der Waals surface area contributed by atoms with Gasteiger partial charge >= 0.3 is 17.8 Å². The lowest BCUT2D eigenvalue weighted by atomic mass is 10.2. The lowest BCUT2D eigenvalue weighted by Gasteiger charge is -2.18. The molecule has 1 saturated heterocycles. The fourth-order valence-corrected chi connectivity index (χ4v) is 1.20. The van der Waals surface area contributed by atoms with E-state index in [1.165, 1.54) is 6.92 Å². The summed E-state index contributed by atoms with van der Waals surface area (Å²) in [4.78, 5) is 45.1. The number of urea groups is 1. The number of carbonyl (C=O) groups excluding carboxylic acids is 4. The number of rotatable bonds is 3. The first-order valence-corrected chi connectivity index (χ1v) is 4.45. The fourth-order valence-electron chi connectivity index (χ4n) is 1.20. The minimum Gasteiger partial charge on any atom is -0.355 e.